The Morgan fingerprint density at radius 2 is 1.85 bits per heavy atom. The zero-order valence-electron chi connectivity index (χ0n) is 6.34. The van der Waals surface area contributed by atoms with Crippen molar-refractivity contribution in [1.29, 1.82) is 0 Å². The molecular weight excluding hydrogens is 218 g/mol. The molecule has 0 bridgehead atoms. The molecular formula is C6H5Cl2FN4. The van der Waals surface area contributed by atoms with Gasteiger partial charge in [0.2, 0.25) is 16.5 Å². The third kappa shape index (κ3) is 3.12. The third-order valence-electron chi connectivity index (χ3n) is 1.05. The molecule has 0 radical (unpaired) electrons. The minimum absolute atomic E-state index is 0.0302. The van der Waals surface area contributed by atoms with Crippen molar-refractivity contribution in [1.82, 2.24) is 15.0 Å². The van der Waals surface area contributed by atoms with Gasteiger partial charge in [-0.25, -0.2) is 4.39 Å². The molecule has 7 heteroatoms. The molecule has 1 unspecified atom stereocenters. The van der Waals surface area contributed by atoms with Crippen LogP contribution in [0, 0.1) is 0 Å². The SMILES string of the molecule is C=CC(F)Nc1nc(Cl)nc(Cl)n1. The van der Waals surface area contributed by atoms with E-state index in [1.54, 1.807) is 0 Å². The lowest BCUT2D eigenvalue weighted by atomic mass is 10.6. The van der Waals surface area contributed by atoms with Gasteiger partial charge in [-0.3, -0.25) is 0 Å². The molecule has 0 aliphatic rings. The molecule has 0 aliphatic heterocycles. The smallest absolute Gasteiger partial charge is 0.230 e. The average Bonchev–Trinajstić information content (AvgIpc) is 2.02. The molecule has 0 amide bonds. The van der Waals surface area contributed by atoms with Gasteiger partial charge < -0.3 is 5.32 Å². The minimum atomic E-state index is -1.45. The Morgan fingerprint density at radius 3 is 2.31 bits per heavy atom. The van der Waals surface area contributed by atoms with Crippen LogP contribution < -0.4 is 5.32 Å². The fourth-order valence-corrected chi connectivity index (χ4v) is 0.936. The van der Waals surface area contributed by atoms with Crippen molar-refractivity contribution in [2.45, 2.75) is 6.30 Å². The van der Waals surface area contributed by atoms with Crippen LogP contribution in [0.1, 0.15) is 0 Å². The second-order valence-electron chi connectivity index (χ2n) is 1.98. The maximum atomic E-state index is 12.7. The highest BCUT2D eigenvalue weighted by Crippen LogP contribution is 2.10. The molecule has 70 valence electrons. The van der Waals surface area contributed by atoms with Gasteiger partial charge >= 0.3 is 0 Å². The number of aromatic nitrogens is 3. The standard InChI is InChI=1S/C6H5Cl2FN4/c1-2-3(9)10-6-12-4(7)11-5(8)13-6/h2-3H,1H2,(H,10,11,12,13). The van der Waals surface area contributed by atoms with Crippen molar-refractivity contribution in [3.63, 3.8) is 0 Å². The maximum Gasteiger partial charge on any atom is 0.230 e. The van der Waals surface area contributed by atoms with E-state index in [0.29, 0.717) is 0 Å². The highest BCUT2D eigenvalue weighted by Gasteiger charge is 2.06. The van der Waals surface area contributed by atoms with Crippen LogP contribution in [0.15, 0.2) is 12.7 Å². The van der Waals surface area contributed by atoms with Gasteiger partial charge in [-0.05, 0) is 29.3 Å². The van der Waals surface area contributed by atoms with Crippen LogP contribution in [0.3, 0.4) is 0 Å². The summed E-state index contributed by atoms with van der Waals surface area (Å²) >= 11 is 10.9. The summed E-state index contributed by atoms with van der Waals surface area (Å²) in [5.41, 5.74) is 0. The molecule has 13 heavy (non-hydrogen) atoms. The quantitative estimate of drug-likeness (QED) is 0.629. The predicted molar refractivity (Wildman–Crippen MR) is 48.6 cm³/mol. The minimum Gasteiger partial charge on any atom is -0.321 e. The Kier molecular flexibility index (Phi) is 3.39. The molecule has 0 spiro atoms. The topological polar surface area (TPSA) is 50.7 Å². The van der Waals surface area contributed by atoms with Gasteiger partial charge in [-0.1, -0.05) is 6.58 Å². The summed E-state index contributed by atoms with van der Waals surface area (Å²) in [6.45, 7) is 3.23. The first-order valence-electron chi connectivity index (χ1n) is 3.22. The lowest BCUT2D eigenvalue weighted by molar-refractivity contribution is 0.439. The second kappa shape index (κ2) is 4.34. The highest BCUT2D eigenvalue weighted by atomic mass is 35.5. The van der Waals surface area contributed by atoms with E-state index in [0.717, 1.165) is 6.08 Å². The molecule has 0 saturated carbocycles. The molecule has 0 saturated heterocycles. The third-order valence-corrected chi connectivity index (χ3v) is 1.39. The van der Waals surface area contributed by atoms with E-state index in [2.05, 4.69) is 26.8 Å². The predicted octanol–water partition coefficient (Wildman–Crippen LogP) is 2.07. The summed E-state index contributed by atoms with van der Waals surface area (Å²) in [6.07, 6.45) is -0.402. The molecule has 4 nitrogen and oxygen atoms in total. The van der Waals surface area contributed by atoms with Gasteiger partial charge in [-0.2, -0.15) is 15.0 Å². The second-order valence-corrected chi connectivity index (χ2v) is 2.66. The molecule has 1 aromatic rings. The van der Waals surface area contributed by atoms with Gasteiger partial charge in [0.15, 0.2) is 6.30 Å². The summed E-state index contributed by atoms with van der Waals surface area (Å²) in [5.74, 6) is -0.0302. The first kappa shape index (κ1) is 10.1. The molecule has 1 N–H and O–H groups in total. The van der Waals surface area contributed by atoms with Gasteiger partial charge in [0, 0.05) is 0 Å². The Morgan fingerprint density at radius 1 is 1.31 bits per heavy atom. The molecule has 0 aromatic carbocycles. The zero-order chi connectivity index (χ0) is 9.84. The summed E-state index contributed by atoms with van der Waals surface area (Å²) < 4.78 is 12.7. The maximum absolute atomic E-state index is 12.7. The fraction of sp³-hybridized carbons (Fsp3) is 0.167. The molecule has 0 fully saturated rings. The highest BCUT2D eigenvalue weighted by molar-refractivity contribution is 6.31. The zero-order valence-corrected chi connectivity index (χ0v) is 7.85. The molecule has 1 aromatic heterocycles. The molecule has 0 aliphatic carbocycles. The number of rotatable bonds is 3. The van der Waals surface area contributed by atoms with Crippen molar-refractivity contribution < 1.29 is 4.39 Å². The van der Waals surface area contributed by atoms with Crippen molar-refractivity contribution in [2.75, 3.05) is 5.32 Å². The number of nitrogens with zero attached hydrogens (tertiary/aromatic N) is 3. The van der Waals surface area contributed by atoms with Crippen molar-refractivity contribution in [2.24, 2.45) is 0 Å². The van der Waals surface area contributed by atoms with E-state index >= 15 is 0 Å². The first-order valence-corrected chi connectivity index (χ1v) is 3.97. The van der Waals surface area contributed by atoms with Crippen LogP contribution in [-0.4, -0.2) is 21.2 Å². The van der Waals surface area contributed by atoms with Crippen molar-refractivity contribution in [3.8, 4) is 0 Å². The van der Waals surface area contributed by atoms with E-state index in [9.17, 15) is 4.39 Å². The van der Waals surface area contributed by atoms with Crippen molar-refractivity contribution in [3.05, 3.63) is 23.2 Å². The number of anilines is 1. The summed E-state index contributed by atoms with van der Waals surface area (Å²) in [4.78, 5) is 10.7. The lowest BCUT2D eigenvalue weighted by Crippen LogP contribution is -2.12. The van der Waals surface area contributed by atoms with E-state index < -0.39 is 6.30 Å². The van der Waals surface area contributed by atoms with Crippen LogP contribution in [0.4, 0.5) is 10.3 Å². The normalized spacial score (nSPS) is 12.2. The Labute approximate surface area is 83.8 Å². The summed E-state index contributed by atoms with van der Waals surface area (Å²) in [6, 6.07) is 0. The van der Waals surface area contributed by atoms with Crippen LogP contribution in [0.5, 0.6) is 0 Å². The van der Waals surface area contributed by atoms with Crippen LogP contribution >= 0.6 is 23.2 Å². The Hall–Kier alpha value is -0.940. The van der Waals surface area contributed by atoms with E-state index in [4.69, 9.17) is 23.2 Å². The number of halogens is 3. The number of hydrogen-bond donors (Lipinski definition) is 1. The lowest BCUT2D eigenvalue weighted by Gasteiger charge is -2.05. The summed E-state index contributed by atoms with van der Waals surface area (Å²) in [7, 11) is 0. The monoisotopic (exact) mass is 222 g/mol. The van der Waals surface area contributed by atoms with E-state index in [1.807, 2.05) is 0 Å². The average molecular weight is 223 g/mol. The van der Waals surface area contributed by atoms with Crippen LogP contribution in [-0.2, 0) is 0 Å². The molecule has 1 heterocycles. The van der Waals surface area contributed by atoms with E-state index in [1.165, 1.54) is 0 Å². The number of hydrogen-bond acceptors (Lipinski definition) is 4. The van der Waals surface area contributed by atoms with Crippen LogP contribution in [0.2, 0.25) is 10.6 Å². The Bertz CT molecular complexity index is 299. The largest absolute Gasteiger partial charge is 0.321 e. The molecule has 1 atom stereocenters. The number of nitrogens with one attached hydrogen (secondary N) is 1. The number of alkyl halides is 1. The first-order chi connectivity index (χ1) is 6.11. The van der Waals surface area contributed by atoms with Gasteiger partial charge in [0.05, 0.1) is 0 Å². The van der Waals surface area contributed by atoms with Gasteiger partial charge in [0.1, 0.15) is 0 Å². The van der Waals surface area contributed by atoms with Gasteiger partial charge in [-0.15, -0.1) is 0 Å². The van der Waals surface area contributed by atoms with Gasteiger partial charge in [0.25, 0.3) is 0 Å². The molecule has 1 rings (SSSR count). The Balaban J connectivity index is 2.82. The van der Waals surface area contributed by atoms with Crippen molar-refractivity contribution >= 4 is 29.2 Å². The summed E-state index contributed by atoms with van der Waals surface area (Å²) in [5, 5.41) is 2.06. The van der Waals surface area contributed by atoms with E-state index in [-0.39, 0.29) is 16.5 Å². The van der Waals surface area contributed by atoms with Crippen LogP contribution in [0.25, 0.3) is 0 Å². The fourth-order valence-electron chi connectivity index (χ4n) is 0.573.